The molecule has 2 rings (SSSR count). The van der Waals surface area contributed by atoms with E-state index in [0.717, 1.165) is 17.1 Å². The van der Waals surface area contributed by atoms with Gasteiger partial charge in [-0.15, -0.1) is 0 Å². The predicted molar refractivity (Wildman–Crippen MR) is 85.9 cm³/mol. The summed E-state index contributed by atoms with van der Waals surface area (Å²) in [6.07, 6.45) is 0.394. The molecule has 1 aromatic heterocycles. The van der Waals surface area contributed by atoms with Crippen LogP contribution in [0.3, 0.4) is 0 Å². The third-order valence-electron chi connectivity index (χ3n) is 3.11. The minimum atomic E-state index is -1.02. The van der Waals surface area contributed by atoms with Crippen molar-refractivity contribution in [2.45, 2.75) is 26.3 Å². The van der Waals surface area contributed by atoms with E-state index in [2.05, 4.69) is 9.69 Å². The number of aromatic nitrogens is 1. The molecular formula is C16H18N2O3S. The highest BCUT2D eigenvalue weighted by Gasteiger charge is 2.22. The number of benzene rings is 1. The number of nitrogens with zero attached hydrogens (tertiary/aromatic N) is 1. The second-order valence-corrected chi connectivity index (χ2v) is 6.24. The second kappa shape index (κ2) is 7.17. The molecule has 0 aliphatic carbocycles. The van der Waals surface area contributed by atoms with Gasteiger partial charge in [-0.25, -0.2) is 4.79 Å². The van der Waals surface area contributed by atoms with Crippen molar-refractivity contribution in [3.8, 4) is 11.3 Å². The molecule has 116 valence electrons. The van der Waals surface area contributed by atoms with Crippen LogP contribution in [0.2, 0.25) is 0 Å². The first-order valence-electron chi connectivity index (χ1n) is 7.03. The molecule has 0 fully saturated rings. The van der Waals surface area contributed by atoms with Gasteiger partial charge >= 0.3 is 5.97 Å². The molecule has 0 spiro atoms. The molecule has 2 N–H and O–H groups in total. The fraction of sp³-hybridized carbons (Fsp3) is 0.312. The Morgan fingerprint density at radius 3 is 2.55 bits per heavy atom. The smallest absolute Gasteiger partial charge is 0.326 e. The van der Waals surface area contributed by atoms with Gasteiger partial charge in [0, 0.05) is 5.56 Å². The maximum Gasteiger partial charge on any atom is 0.326 e. The number of carbonyl (C=O) groups excluding carboxylic acids is 1. The van der Waals surface area contributed by atoms with Crippen molar-refractivity contribution in [1.82, 2.24) is 9.69 Å². The Morgan fingerprint density at radius 1 is 1.27 bits per heavy atom. The molecule has 1 aromatic carbocycles. The van der Waals surface area contributed by atoms with Crippen LogP contribution in [0, 0.1) is 5.92 Å². The molecule has 0 bridgehead atoms. The summed E-state index contributed by atoms with van der Waals surface area (Å²) in [4.78, 5) is 23.8. The number of hydrogen-bond donors (Lipinski definition) is 2. The molecule has 0 aliphatic heterocycles. The summed E-state index contributed by atoms with van der Waals surface area (Å²) in [7, 11) is 0. The van der Waals surface area contributed by atoms with Crippen LogP contribution in [0.1, 0.15) is 29.9 Å². The maximum absolute atomic E-state index is 12.2. The summed E-state index contributed by atoms with van der Waals surface area (Å²) in [5, 5.41) is 11.7. The minimum absolute atomic E-state index is 0.183. The first kappa shape index (κ1) is 16.2. The molecule has 0 saturated carbocycles. The van der Waals surface area contributed by atoms with Crippen molar-refractivity contribution in [2.75, 3.05) is 0 Å². The molecule has 2 aromatic rings. The van der Waals surface area contributed by atoms with Crippen molar-refractivity contribution in [1.29, 1.82) is 0 Å². The van der Waals surface area contributed by atoms with Crippen LogP contribution in [-0.2, 0) is 4.79 Å². The molecular weight excluding hydrogens is 300 g/mol. The van der Waals surface area contributed by atoms with E-state index in [-0.39, 0.29) is 5.92 Å². The standard InChI is InChI=1S/C16H18N2O3S/c1-10(2)8-13(16(20)21)17-15(19)14-9-12(18-22-14)11-6-4-3-5-7-11/h3-7,9-10,13H,8H2,1-2H3,(H,17,19)(H,20,21). The van der Waals surface area contributed by atoms with Crippen molar-refractivity contribution in [3.63, 3.8) is 0 Å². The number of carboxylic acid groups (broad SMARTS) is 1. The number of rotatable bonds is 6. The number of amides is 1. The highest BCUT2D eigenvalue weighted by atomic mass is 32.1. The molecule has 1 atom stereocenters. The summed E-state index contributed by atoms with van der Waals surface area (Å²) in [5.41, 5.74) is 1.64. The Hall–Kier alpha value is -2.21. The molecule has 0 saturated heterocycles. The average Bonchev–Trinajstić information content (AvgIpc) is 2.96. The van der Waals surface area contributed by atoms with Crippen LogP contribution in [0.25, 0.3) is 11.3 Å². The predicted octanol–water partition coefficient (Wildman–Crippen LogP) is 3.04. The van der Waals surface area contributed by atoms with Gasteiger partial charge in [-0.05, 0) is 29.9 Å². The molecule has 0 radical (unpaired) electrons. The van der Waals surface area contributed by atoms with Crippen LogP contribution >= 0.6 is 11.5 Å². The average molecular weight is 318 g/mol. The van der Waals surface area contributed by atoms with Crippen molar-refractivity contribution in [2.24, 2.45) is 5.92 Å². The van der Waals surface area contributed by atoms with Crippen LogP contribution < -0.4 is 5.32 Å². The fourth-order valence-electron chi connectivity index (χ4n) is 2.05. The van der Waals surface area contributed by atoms with Crippen LogP contribution in [0.4, 0.5) is 0 Å². The van der Waals surface area contributed by atoms with E-state index in [9.17, 15) is 14.7 Å². The Morgan fingerprint density at radius 2 is 1.95 bits per heavy atom. The lowest BCUT2D eigenvalue weighted by molar-refractivity contribution is -0.139. The Balaban J connectivity index is 2.10. The van der Waals surface area contributed by atoms with Crippen LogP contribution in [0.5, 0.6) is 0 Å². The highest BCUT2D eigenvalue weighted by Crippen LogP contribution is 2.21. The number of aliphatic carboxylic acids is 1. The van der Waals surface area contributed by atoms with Crippen molar-refractivity contribution in [3.05, 3.63) is 41.3 Å². The third-order valence-corrected chi connectivity index (χ3v) is 3.90. The molecule has 1 amide bonds. The second-order valence-electron chi connectivity index (χ2n) is 5.44. The van der Waals surface area contributed by atoms with E-state index in [1.54, 1.807) is 6.07 Å². The highest BCUT2D eigenvalue weighted by molar-refractivity contribution is 7.08. The van der Waals surface area contributed by atoms with E-state index in [0.29, 0.717) is 17.0 Å². The quantitative estimate of drug-likeness (QED) is 0.858. The van der Waals surface area contributed by atoms with E-state index in [1.165, 1.54) is 0 Å². The molecule has 1 heterocycles. The zero-order valence-electron chi connectivity index (χ0n) is 12.4. The number of hydrogen-bond acceptors (Lipinski definition) is 4. The van der Waals surface area contributed by atoms with Gasteiger partial charge in [0.1, 0.15) is 10.9 Å². The van der Waals surface area contributed by atoms with Crippen molar-refractivity contribution >= 4 is 23.4 Å². The van der Waals surface area contributed by atoms with E-state index in [1.807, 2.05) is 44.2 Å². The maximum atomic E-state index is 12.2. The van der Waals surface area contributed by atoms with Gasteiger partial charge in [0.05, 0.1) is 5.69 Å². The number of carboxylic acids is 1. The Bertz CT molecular complexity index is 652. The van der Waals surface area contributed by atoms with E-state index in [4.69, 9.17) is 0 Å². The van der Waals surface area contributed by atoms with Crippen molar-refractivity contribution < 1.29 is 14.7 Å². The van der Waals surface area contributed by atoms with E-state index >= 15 is 0 Å². The topological polar surface area (TPSA) is 79.3 Å². The lowest BCUT2D eigenvalue weighted by Crippen LogP contribution is -2.41. The summed E-state index contributed by atoms with van der Waals surface area (Å²) >= 11 is 1.07. The van der Waals surface area contributed by atoms with Gasteiger partial charge in [-0.1, -0.05) is 44.2 Å². The zero-order valence-corrected chi connectivity index (χ0v) is 13.3. The van der Waals surface area contributed by atoms with Gasteiger partial charge in [0.15, 0.2) is 0 Å². The first-order valence-corrected chi connectivity index (χ1v) is 7.80. The summed E-state index contributed by atoms with van der Waals surface area (Å²) in [5.74, 6) is -1.23. The summed E-state index contributed by atoms with van der Waals surface area (Å²) in [6.45, 7) is 3.84. The monoisotopic (exact) mass is 318 g/mol. The van der Waals surface area contributed by atoms with Gasteiger partial charge in [0.25, 0.3) is 5.91 Å². The molecule has 22 heavy (non-hydrogen) atoms. The summed E-state index contributed by atoms with van der Waals surface area (Å²) < 4.78 is 4.25. The van der Waals surface area contributed by atoms with Gasteiger partial charge in [0.2, 0.25) is 0 Å². The zero-order chi connectivity index (χ0) is 16.1. The number of nitrogens with one attached hydrogen (secondary N) is 1. The molecule has 5 nitrogen and oxygen atoms in total. The summed E-state index contributed by atoms with van der Waals surface area (Å²) in [6, 6.07) is 10.3. The first-order chi connectivity index (χ1) is 10.5. The van der Waals surface area contributed by atoms with Crippen LogP contribution in [0.15, 0.2) is 36.4 Å². The Labute approximate surface area is 133 Å². The molecule has 0 aliphatic rings. The van der Waals surface area contributed by atoms with Crippen LogP contribution in [-0.4, -0.2) is 27.4 Å². The largest absolute Gasteiger partial charge is 0.480 e. The van der Waals surface area contributed by atoms with Gasteiger partial charge in [-0.3, -0.25) is 4.79 Å². The number of carbonyl (C=O) groups is 2. The SMILES string of the molecule is CC(C)CC(NC(=O)c1cc(-c2ccccc2)ns1)C(=O)O. The third kappa shape index (κ3) is 4.14. The normalized spacial score (nSPS) is 12.1. The molecule has 1 unspecified atom stereocenters. The lowest BCUT2D eigenvalue weighted by atomic mass is 10.0. The lowest BCUT2D eigenvalue weighted by Gasteiger charge is -2.15. The molecule has 6 heteroatoms. The fourth-order valence-corrected chi connectivity index (χ4v) is 2.71. The Kier molecular flexibility index (Phi) is 5.27. The van der Waals surface area contributed by atoms with Gasteiger partial charge < -0.3 is 10.4 Å². The minimum Gasteiger partial charge on any atom is -0.480 e. The van der Waals surface area contributed by atoms with Gasteiger partial charge in [-0.2, -0.15) is 4.37 Å². The van der Waals surface area contributed by atoms with E-state index < -0.39 is 17.9 Å².